The lowest BCUT2D eigenvalue weighted by Gasteiger charge is -2.48. The molecule has 2 aliphatic heterocycles. The number of fused-ring (bicyclic) bond motifs is 5. The SMILES string of the molecule is CC(NC(=O)CN1C(=O)c2ccccc2N2C(=O)CCC12C)C1CC2CCC1C2. The molecule has 5 rings (SSSR count). The first-order valence-corrected chi connectivity index (χ1v) is 10.9. The van der Waals surface area contributed by atoms with Crippen molar-refractivity contribution in [2.75, 3.05) is 11.4 Å². The number of rotatable bonds is 4. The van der Waals surface area contributed by atoms with Gasteiger partial charge in [0.15, 0.2) is 0 Å². The van der Waals surface area contributed by atoms with E-state index in [0.29, 0.717) is 30.0 Å². The summed E-state index contributed by atoms with van der Waals surface area (Å²) in [6, 6.07) is 7.33. The Morgan fingerprint density at radius 2 is 2.03 bits per heavy atom. The van der Waals surface area contributed by atoms with Crippen LogP contribution in [0.1, 0.15) is 62.7 Å². The fourth-order valence-corrected chi connectivity index (χ4v) is 6.40. The second kappa shape index (κ2) is 6.57. The molecule has 3 fully saturated rings. The molecule has 2 bridgehead atoms. The van der Waals surface area contributed by atoms with Crippen LogP contribution >= 0.6 is 0 Å². The van der Waals surface area contributed by atoms with Gasteiger partial charge in [0.05, 0.1) is 11.3 Å². The molecule has 2 aliphatic carbocycles. The van der Waals surface area contributed by atoms with Crippen LogP contribution in [-0.4, -0.2) is 40.9 Å². The summed E-state index contributed by atoms with van der Waals surface area (Å²) in [5, 5.41) is 3.17. The zero-order chi connectivity index (χ0) is 20.3. The van der Waals surface area contributed by atoms with Crippen LogP contribution in [0.15, 0.2) is 24.3 Å². The summed E-state index contributed by atoms with van der Waals surface area (Å²) in [7, 11) is 0. The van der Waals surface area contributed by atoms with Gasteiger partial charge in [0.2, 0.25) is 11.8 Å². The Balaban J connectivity index is 1.35. The molecule has 1 aromatic rings. The number of para-hydroxylation sites is 1. The highest BCUT2D eigenvalue weighted by molar-refractivity contribution is 6.11. The molecule has 2 saturated carbocycles. The summed E-state index contributed by atoms with van der Waals surface area (Å²) in [6.07, 6.45) is 6.07. The highest BCUT2D eigenvalue weighted by atomic mass is 16.2. The normalized spacial score (nSPS) is 33.7. The Kier molecular flexibility index (Phi) is 4.23. The van der Waals surface area contributed by atoms with Gasteiger partial charge in [-0.2, -0.15) is 0 Å². The van der Waals surface area contributed by atoms with E-state index in [-0.39, 0.29) is 30.3 Å². The fraction of sp³-hybridized carbons (Fsp3) is 0.609. The molecule has 1 N–H and O–H groups in total. The molecule has 2 heterocycles. The van der Waals surface area contributed by atoms with Crippen LogP contribution in [0, 0.1) is 17.8 Å². The quantitative estimate of drug-likeness (QED) is 0.852. The Bertz CT molecular complexity index is 884. The van der Waals surface area contributed by atoms with Crippen LogP contribution in [0.25, 0.3) is 0 Å². The molecule has 0 aromatic heterocycles. The van der Waals surface area contributed by atoms with Gasteiger partial charge < -0.3 is 10.2 Å². The minimum absolute atomic E-state index is 0.00760. The average Bonchev–Trinajstić information content (AvgIpc) is 3.40. The molecule has 0 radical (unpaired) electrons. The molecule has 0 spiro atoms. The number of anilines is 1. The predicted molar refractivity (Wildman–Crippen MR) is 109 cm³/mol. The molecular formula is C23H29N3O3. The molecule has 6 heteroatoms. The van der Waals surface area contributed by atoms with Crippen LogP contribution in [-0.2, 0) is 9.59 Å². The minimum atomic E-state index is -0.782. The molecule has 5 unspecified atom stereocenters. The molecule has 1 saturated heterocycles. The van der Waals surface area contributed by atoms with E-state index in [1.165, 1.54) is 25.7 Å². The van der Waals surface area contributed by atoms with E-state index >= 15 is 0 Å². The van der Waals surface area contributed by atoms with E-state index in [4.69, 9.17) is 0 Å². The first-order chi connectivity index (χ1) is 13.9. The summed E-state index contributed by atoms with van der Waals surface area (Å²) in [5.74, 6) is 1.83. The summed E-state index contributed by atoms with van der Waals surface area (Å²) >= 11 is 0. The number of hydrogen-bond acceptors (Lipinski definition) is 3. The van der Waals surface area contributed by atoms with Gasteiger partial charge in [-0.25, -0.2) is 0 Å². The van der Waals surface area contributed by atoms with Crippen molar-refractivity contribution >= 4 is 23.4 Å². The Morgan fingerprint density at radius 3 is 2.76 bits per heavy atom. The zero-order valence-electron chi connectivity index (χ0n) is 17.2. The number of hydrogen-bond donors (Lipinski definition) is 1. The van der Waals surface area contributed by atoms with Crippen LogP contribution in [0.4, 0.5) is 5.69 Å². The third kappa shape index (κ3) is 2.79. The van der Waals surface area contributed by atoms with Gasteiger partial charge in [-0.05, 0) is 69.4 Å². The smallest absolute Gasteiger partial charge is 0.258 e. The number of nitrogens with zero attached hydrogens (tertiary/aromatic N) is 2. The summed E-state index contributed by atoms with van der Waals surface area (Å²) in [4.78, 5) is 42.2. The van der Waals surface area contributed by atoms with Crippen molar-refractivity contribution in [2.24, 2.45) is 17.8 Å². The van der Waals surface area contributed by atoms with Gasteiger partial charge in [0.1, 0.15) is 12.2 Å². The Hall–Kier alpha value is -2.37. The number of amides is 3. The highest BCUT2D eigenvalue weighted by Crippen LogP contribution is 2.49. The van der Waals surface area contributed by atoms with Crippen molar-refractivity contribution in [3.63, 3.8) is 0 Å². The summed E-state index contributed by atoms with van der Waals surface area (Å²) in [5.41, 5.74) is 0.374. The van der Waals surface area contributed by atoms with Crippen molar-refractivity contribution < 1.29 is 14.4 Å². The van der Waals surface area contributed by atoms with E-state index in [9.17, 15) is 14.4 Å². The van der Waals surface area contributed by atoms with E-state index < -0.39 is 5.66 Å². The molecule has 1 aromatic carbocycles. The molecule has 6 nitrogen and oxygen atoms in total. The van der Waals surface area contributed by atoms with Gasteiger partial charge in [-0.3, -0.25) is 19.3 Å². The number of nitrogens with one attached hydrogen (secondary N) is 1. The lowest BCUT2D eigenvalue weighted by Crippen LogP contribution is -2.64. The lowest BCUT2D eigenvalue weighted by atomic mass is 9.84. The van der Waals surface area contributed by atoms with Crippen LogP contribution in [0.5, 0.6) is 0 Å². The van der Waals surface area contributed by atoms with Crippen LogP contribution in [0.3, 0.4) is 0 Å². The van der Waals surface area contributed by atoms with Gasteiger partial charge in [0.25, 0.3) is 5.91 Å². The second-order valence-corrected chi connectivity index (χ2v) is 9.55. The zero-order valence-corrected chi connectivity index (χ0v) is 17.2. The highest BCUT2D eigenvalue weighted by Gasteiger charge is 2.53. The van der Waals surface area contributed by atoms with E-state index in [1.54, 1.807) is 21.9 Å². The maximum atomic E-state index is 13.3. The van der Waals surface area contributed by atoms with Crippen LogP contribution < -0.4 is 10.2 Å². The molecule has 4 aliphatic rings. The molecule has 29 heavy (non-hydrogen) atoms. The van der Waals surface area contributed by atoms with Crippen molar-refractivity contribution in [1.29, 1.82) is 0 Å². The number of benzene rings is 1. The topological polar surface area (TPSA) is 69.7 Å². The maximum Gasteiger partial charge on any atom is 0.258 e. The number of carbonyl (C=O) groups excluding carboxylic acids is 3. The molecule has 3 amide bonds. The van der Waals surface area contributed by atoms with Gasteiger partial charge in [-0.1, -0.05) is 18.6 Å². The fourth-order valence-electron chi connectivity index (χ4n) is 6.40. The van der Waals surface area contributed by atoms with E-state index in [1.807, 2.05) is 19.1 Å². The van der Waals surface area contributed by atoms with Crippen molar-refractivity contribution in [2.45, 2.75) is 64.1 Å². The second-order valence-electron chi connectivity index (χ2n) is 9.55. The first kappa shape index (κ1) is 18.6. The Labute approximate surface area is 171 Å². The summed E-state index contributed by atoms with van der Waals surface area (Å²) < 4.78 is 0. The molecule has 5 atom stereocenters. The monoisotopic (exact) mass is 395 g/mol. The third-order valence-electron chi connectivity index (χ3n) is 7.87. The van der Waals surface area contributed by atoms with E-state index in [0.717, 1.165) is 11.8 Å². The first-order valence-electron chi connectivity index (χ1n) is 10.9. The molecule has 154 valence electrons. The minimum Gasteiger partial charge on any atom is -0.352 e. The predicted octanol–water partition coefficient (Wildman–Crippen LogP) is 2.93. The van der Waals surface area contributed by atoms with Crippen molar-refractivity contribution in [1.82, 2.24) is 10.2 Å². The standard InChI is InChI=1S/C23H29N3O3/c1-14(18-12-15-7-8-16(18)11-15)24-20(27)13-25-22(29)17-5-3-4-6-19(17)26-21(28)9-10-23(25,26)2/h3-6,14-16,18H,7-13H2,1-2H3,(H,24,27). The Morgan fingerprint density at radius 1 is 1.24 bits per heavy atom. The van der Waals surface area contributed by atoms with Gasteiger partial charge in [-0.15, -0.1) is 0 Å². The molecular weight excluding hydrogens is 366 g/mol. The maximum absolute atomic E-state index is 13.3. The summed E-state index contributed by atoms with van der Waals surface area (Å²) in [6.45, 7) is 3.99. The largest absolute Gasteiger partial charge is 0.352 e. The van der Waals surface area contributed by atoms with Crippen molar-refractivity contribution in [3.05, 3.63) is 29.8 Å². The average molecular weight is 396 g/mol. The van der Waals surface area contributed by atoms with Gasteiger partial charge in [0, 0.05) is 12.5 Å². The third-order valence-corrected chi connectivity index (χ3v) is 7.87. The number of carbonyl (C=O) groups is 3. The van der Waals surface area contributed by atoms with Crippen molar-refractivity contribution in [3.8, 4) is 0 Å². The van der Waals surface area contributed by atoms with Crippen LogP contribution in [0.2, 0.25) is 0 Å². The van der Waals surface area contributed by atoms with Gasteiger partial charge >= 0.3 is 0 Å². The lowest BCUT2D eigenvalue weighted by molar-refractivity contribution is -0.125. The van der Waals surface area contributed by atoms with E-state index in [2.05, 4.69) is 12.2 Å².